The Kier molecular flexibility index (Phi) is 9.13. The van der Waals surface area contributed by atoms with Crippen molar-refractivity contribution in [2.75, 3.05) is 32.6 Å². The number of rotatable bonds is 11. The number of sulfonamides is 1. The minimum Gasteiger partial charge on any atom is -0.493 e. The largest absolute Gasteiger partial charge is 0.493 e. The van der Waals surface area contributed by atoms with Crippen LogP contribution in [0, 0.1) is 5.92 Å². The molecule has 11 heteroatoms. The zero-order valence-corrected chi connectivity index (χ0v) is 20.8. The first-order valence-corrected chi connectivity index (χ1v) is 11.9. The van der Waals surface area contributed by atoms with Crippen molar-refractivity contribution in [2.24, 2.45) is 5.92 Å². The van der Waals surface area contributed by atoms with Crippen LogP contribution in [-0.2, 0) is 19.6 Å². The van der Waals surface area contributed by atoms with Gasteiger partial charge in [-0.05, 0) is 37.1 Å². The van der Waals surface area contributed by atoms with E-state index in [9.17, 15) is 18.0 Å². The summed E-state index contributed by atoms with van der Waals surface area (Å²) in [6.45, 7) is 6.09. The number of benzene rings is 2. The van der Waals surface area contributed by atoms with Gasteiger partial charge in [-0.25, -0.2) is 13.2 Å². The van der Waals surface area contributed by atoms with Crippen LogP contribution < -0.4 is 24.2 Å². The summed E-state index contributed by atoms with van der Waals surface area (Å²) in [5, 5.41) is 2.77. The molecule has 10 nitrogen and oxygen atoms in total. The maximum absolute atomic E-state index is 13.0. The van der Waals surface area contributed by atoms with Crippen LogP contribution in [0.2, 0.25) is 0 Å². The van der Waals surface area contributed by atoms with Gasteiger partial charge in [0.1, 0.15) is 5.75 Å². The summed E-state index contributed by atoms with van der Waals surface area (Å²) in [4.78, 5) is 24.2. The van der Waals surface area contributed by atoms with Gasteiger partial charge < -0.3 is 24.3 Å². The number of hydrogen-bond acceptors (Lipinski definition) is 8. The smallest absolute Gasteiger partial charge is 0.340 e. The Morgan fingerprint density at radius 2 is 1.53 bits per heavy atom. The fourth-order valence-corrected chi connectivity index (χ4v) is 3.92. The Labute approximate surface area is 199 Å². The normalized spacial score (nSPS) is 12.0. The Hall–Kier alpha value is -3.47. The van der Waals surface area contributed by atoms with Crippen molar-refractivity contribution in [2.45, 2.75) is 31.8 Å². The van der Waals surface area contributed by atoms with Crippen LogP contribution in [0.5, 0.6) is 17.2 Å². The highest BCUT2D eigenvalue weighted by Crippen LogP contribution is 2.35. The fourth-order valence-electron chi connectivity index (χ4n) is 2.85. The van der Waals surface area contributed by atoms with E-state index in [1.165, 1.54) is 57.7 Å². The van der Waals surface area contributed by atoms with Crippen molar-refractivity contribution >= 4 is 27.6 Å². The van der Waals surface area contributed by atoms with E-state index in [4.69, 9.17) is 18.9 Å². The Bertz CT molecular complexity index is 1110. The number of hydrogen-bond donors (Lipinski definition) is 2. The zero-order chi connectivity index (χ0) is 25.5. The van der Waals surface area contributed by atoms with Crippen LogP contribution in [0.1, 0.15) is 31.1 Å². The second kappa shape index (κ2) is 11.6. The number of carbonyl (C=O) groups excluding carboxylic acids is 2. The van der Waals surface area contributed by atoms with E-state index in [0.29, 0.717) is 18.2 Å². The lowest BCUT2D eigenvalue weighted by atomic mass is 10.1. The molecule has 0 saturated carbocycles. The van der Waals surface area contributed by atoms with E-state index in [1.54, 1.807) is 6.92 Å². The van der Waals surface area contributed by atoms with Gasteiger partial charge in [-0.1, -0.05) is 13.8 Å². The van der Waals surface area contributed by atoms with Gasteiger partial charge in [0.15, 0.2) is 17.6 Å². The van der Waals surface area contributed by atoms with Crippen molar-refractivity contribution in [3.63, 3.8) is 0 Å². The molecule has 34 heavy (non-hydrogen) atoms. The highest BCUT2D eigenvalue weighted by Gasteiger charge is 2.23. The average Bonchev–Trinajstić information content (AvgIpc) is 2.81. The number of amides is 1. The third-order valence-electron chi connectivity index (χ3n) is 4.67. The fraction of sp³-hybridized carbons (Fsp3) is 0.391. The molecular formula is C23H30N2O8S. The van der Waals surface area contributed by atoms with E-state index >= 15 is 0 Å². The maximum atomic E-state index is 13.0. The first kappa shape index (κ1) is 26.8. The minimum atomic E-state index is -4.09. The van der Waals surface area contributed by atoms with Gasteiger partial charge in [0.25, 0.3) is 15.9 Å². The highest BCUT2D eigenvalue weighted by molar-refractivity contribution is 7.92. The predicted molar refractivity (Wildman–Crippen MR) is 126 cm³/mol. The van der Waals surface area contributed by atoms with Gasteiger partial charge in [0.2, 0.25) is 0 Å². The van der Waals surface area contributed by atoms with Gasteiger partial charge in [-0.3, -0.25) is 9.52 Å². The number of anilines is 1. The molecule has 0 unspecified atom stereocenters. The van der Waals surface area contributed by atoms with Crippen molar-refractivity contribution in [3.05, 3.63) is 42.0 Å². The van der Waals surface area contributed by atoms with Crippen molar-refractivity contribution in [3.8, 4) is 17.2 Å². The minimum absolute atomic E-state index is 0.0414. The molecule has 1 atom stereocenters. The third kappa shape index (κ3) is 6.77. The molecule has 1 amide bonds. The monoisotopic (exact) mass is 494 g/mol. The molecule has 0 bridgehead atoms. The van der Waals surface area contributed by atoms with Gasteiger partial charge in [0.05, 0.1) is 37.5 Å². The molecule has 0 fully saturated rings. The predicted octanol–water partition coefficient (Wildman–Crippen LogP) is 2.83. The van der Waals surface area contributed by atoms with Crippen LogP contribution in [-0.4, -0.2) is 54.3 Å². The molecule has 2 aromatic rings. The van der Waals surface area contributed by atoms with Crippen LogP contribution in [0.3, 0.4) is 0 Å². The van der Waals surface area contributed by atoms with Gasteiger partial charge in [-0.2, -0.15) is 0 Å². The highest BCUT2D eigenvalue weighted by atomic mass is 32.2. The summed E-state index contributed by atoms with van der Waals surface area (Å²) in [5.41, 5.74) is -0.0924. The summed E-state index contributed by atoms with van der Waals surface area (Å²) >= 11 is 0. The summed E-state index contributed by atoms with van der Waals surface area (Å²) in [6.07, 6.45) is -0.756. The number of methoxy groups -OCH3 is 3. The summed E-state index contributed by atoms with van der Waals surface area (Å²) in [6, 6.07) is 8.19. The molecule has 2 aromatic carbocycles. The van der Waals surface area contributed by atoms with E-state index in [-0.39, 0.29) is 33.6 Å². The third-order valence-corrected chi connectivity index (χ3v) is 6.06. The number of ether oxygens (including phenoxy) is 4. The number of carbonyl (C=O) groups is 2. The maximum Gasteiger partial charge on any atom is 0.340 e. The quantitative estimate of drug-likeness (QED) is 0.456. The Morgan fingerprint density at radius 1 is 0.941 bits per heavy atom. The van der Waals surface area contributed by atoms with Crippen LogP contribution in [0.15, 0.2) is 41.3 Å². The molecule has 0 aliphatic rings. The van der Waals surface area contributed by atoms with Gasteiger partial charge in [-0.15, -0.1) is 0 Å². The topological polar surface area (TPSA) is 129 Å². The van der Waals surface area contributed by atoms with E-state index in [2.05, 4.69) is 10.0 Å². The first-order valence-electron chi connectivity index (χ1n) is 10.4. The van der Waals surface area contributed by atoms with Crippen LogP contribution in [0.4, 0.5) is 5.69 Å². The molecule has 186 valence electrons. The second-order valence-corrected chi connectivity index (χ2v) is 9.40. The zero-order valence-electron chi connectivity index (χ0n) is 20.0. The van der Waals surface area contributed by atoms with E-state index < -0.39 is 22.1 Å². The van der Waals surface area contributed by atoms with Crippen molar-refractivity contribution in [1.29, 1.82) is 0 Å². The standard InChI is InChI=1S/C23H30N2O8S/c1-14(2)13-24-22(26)15(3)33-16-7-9-17(10-8-16)34(28,29)25-19-12-21(31-5)20(30-4)11-18(19)23(27)32-6/h7-12,14-15,25H,13H2,1-6H3,(H,24,26)/t15-/m0/s1. The van der Waals surface area contributed by atoms with E-state index in [0.717, 1.165) is 0 Å². The Balaban J connectivity index is 2.24. The van der Waals surface area contributed by atoms with Crippen molar-refractivity contribution < 1.29 is 37.0 Å². The molecule has 0 heterocycles. The summed E-state index contributed by atoms with van der Waals surface area (Å²) in [5.74, 6) is 0.0641. The molecule has 0 aromatic heterocycles. The number of nitrogens with one attached hydrogen (secondary N) is 2. The molecule has 0 aliphatic heterocycles. The molecular weight excluding hydrogens is 464 g/mol. The molecule has 0 radical (unpaired) electrons. The summed E-state index contributed by atoms with van der Waals surface area (Å²) in [7, 11) is -0.134. The lowest BCUT2D eigenvalue weighted by molar-refractivity contribution is -0.127. The second-order valence-electron chi connectivity index (χ2n) is 7.72. The van der Waals surface area contributed by atoms with Crippen LogP contribution in [0.25, 0.3) is 0 Å². The van der Waals surface area contributed by atoms with Crippen LogP contribution >= 0.6 is 0 Å². The SMILES string of the molecule is COC(=O)c1cc(OC)c(OC)cc1NS(=O)(=O)c1ccc(O[C@@H](C)C(=O)NCC(C)C)cc1. The summed E-state index contributed by atoms with van der Waals surface area (Å²) < 4.78 is 49.1. The van der Waals surface area contributed by atoms with Gasteiger partial charge >= 0.3 is 5.97 Å². The van der Waals surface area contributed by atoms with Gasteiger partial charge in [0, 0.05) is 18.7 Å². The van der Waals surface area contributed by atoms with E-state index in [1.807, 2.05) is 13.8 Å². The molecule has 0 spiro atoms. The molecule has 0 aliphatic carbocycles. The number of esters is 1. The van der Waals surface area contributed by atoms with Crippen molar-refractivity contribution in [1.82, 2.24) is 5.32 Å². The molecule has 2 rings (SSSR count). The lowest BCUT2D eigenvalue weighted by Gasteiger charge is -2.17. The Morgan fingerprint density at radius 3 is 2.06 bits per heavy atom. The lowest BCUT2D eigenvalue weighted by Crippen LogP contribution is -2.38. The average molecular weight is 495 g/mol. The first-order chi connectivity index (χ1) is 16.0. The molecule has 0 saturated heterocycles. The molecule has 2 N–H and O–H groups in total.